The lowest BCUT2D eigenvalue weighted by atomic mass is 9.90. The molecule has 5 rings (SSSR count). The Morgan fingerprint density at radius 1 is 1.15 bits per heavy atom. The number of aryl methyl sites for hydroxylation is 1. The van der Waals surface area contributed by atoms with Crippen LogP contribution in [0.3, 0.4) is 0 Å². The van der Waals surface area contributed by atoms with Gasteiger partial charge in [-0.05, 0) is 50.8 Å². The molecule has 0 aliphatic carbocycles. The normalized spacial score (nSPS) is 24.3. The summed E-state index contributed by atoms with van der Waals surface area (Å²) >= 11 is 0. The quantitative estimate of drug-likeness (QED) is 0.706. The summed E-state index contributed by atoms with van der Waals surface area (Å²) in [6.45, 7) is 1.83. The van der Waals surface area contributed by atoms with Gasteiger partial charge in [0.2, 0.25) is 11.7 Å². The highest BCUT2D eigenvalue weighted by molar-refractivity contribution is 5.95. The van der Waals surface area contributed by atoms with Crippen molar-refractivity contribution in [3.05, 3.63) is 54.1 Å². The summed E-state index contributed by atoms with van der Waals surface area (Å²) in [6, 6.07) is 5.93. The standard InChI is InChI=1S/C20H20N4O3/c1-12-17(6-9-26-12)20(25)24-15-2-3-16(24)11-14(10-15)19-22-18(23-27-19)13-4-7-21-8-5-13/h4-9,14-16H,2-3,10-11H2,1H3/t14?,15-,16+. The SMILES string of the molecule is Cc1occc1C(=O)N1[C@@H]2CC[C@H]1CC(c1nc(-c3ccncc3)no1)C2. The van der Waals surface area contributed by atoms with Crippen LogP contribution in [-0.2, 0) is 0 Å². The van der Waals surface area contributed by atoms with Crippen molar-refractivity contribution in [3.63, 3.8) is 0 Å². The first-order chi connectivity index (χ1) is 13.2. The van der Waals surface area contributed by atoms with Crippen molar-refractivity contribution in [1.29, 1.82) is 0 Å². The Morgan fingerprint density at radius 2 is 1.89 bits per heavy atom. The van der Waals surface area contributed by atoms with Crippen molar-refractivity contribution in [2.75, 3.05) is 0 Å². The molecule has 2 fully saturated rings. The number of nitrogens with zero attached hydrogens (tertiary/aromatic N) is 4. The predicted molar refractivity (Wildman–Crippen MR) is 95.9 cm³/mol. The van der Waals surface area contributed by atoms with E-state index in [9.17, 15) is 4.79 Å². The number of hydrogen-bond donors (Lipinski definition) is 0. The Hall–Kier alpha value is -2.96. The van der Waals surface area contributed by atoms with Crippen LogP contribution < -0.4 is 0 Å². The molecule has 27 heavy (non-hydrogen) atoms. The minimum atomic E-state index is 0.0789. The molecule has 0 N–H and O–H groups in total. The summed E-state index contributed by atoms with van der Waals surface area (Å²) in [5.74, 6) is 2.22. The van der Waals surface area contributed by atoms with Gasteiger partial charge in [-0.3, -0.25) is 9.78 Å². The summed E-state index contributed by atoms with van der Waals surface area (Å²) in [7, 11) is 0. The molecule has 3 aromatic rings. The van der Waals surface area contributed by atoms with Gasteiger partial charge in [-0.2, -0.15) is 4.98 Å². The molecule has 2 bridgehead atoms. The van der Waals surface area contributed by atoms with Crippen LogP contribution in [0.15, 0.2) is 45.8 Å². The van der Waals surface area contributed by atoms with E-state index in [1.54, 1.807) is 24.7 Å². The first-order valence-electron chi connectivity index (χ1n) is 9.31. The van der Waals surface area contributed by atoms with Gasteiger partial charge < -0.3 is 13.8 Å². The van der Waals surface area contributed by atoms with Crippen LogP contribution in [0.1, 0.15) is 53.6 Å². The molecule has 0 radical (unpaired) electrons. The third-order valence-electron chi connectivity index (χ3n) is 5.79. The number of carbonyl (C=O) groups excluding carboxylic acids is 1. The molecule has 3 aromatic heterocycles. The zero-order chi connectivity index (χ0) is 18.4. The molecule has 7 nitrogen and oxygen atoms in total. The molecule has 5 heterocycles. The second kappa shape index (κ2) is 6.33. The van der Waals surface area contributed by atoms with Gasteiger partial charge >= 0.3 is 0 Å². The van der Waals surface area contributed by atoms with Crippen LogP contribution in [0, 0.1) is 6.92 Å². The monoisotopic (exact) mass is 364 g/mol. The number of carbonyl (C=O) groups is 1. The smallest absolute Gasteiger partial charge is 0.257 e. The maximum atomic E-state index is 13.0. The third-order valence-corrected chi connectivity index (χ3v) is 5.79. The Bertz CT molecular complexity index is 951. The number of piperidine rings is 1. The maximum Gasteiger partial charge on any atom is 0.257 e. The Balaban J connectivity index is 1.35. The predicted octanol–water partition coefficient (Wildman–Crippen LogP) is 3.58. The Kier molecular flexibility index (Phi) is 3.81. The topological polar surface area (TPSA) is 85.3 Å². The lowest BCUT2D eigenvalue weighted by molar-refractivity contribution is 0.0553. The number of furan rings is 1. The first kappa shape index (κ1) is 16.2. The summed E-state index contributed by atoms with van der Waals surface area (Å²) < 4.78 is 10.9. The molecular formula is C20H20N4O3. The summed E-state index contributed by atoms with van der Waals surface area (Å²) in [4.78, 5) is 23.7. The highest BCUT2D eigenvalue weighted by Gasteiger charge is 2.45. The lowest BCUT2D eigenvalue weighted by Gasteiger charge is -2.37. The number of amides is 1. The molecule has 2 aliphatic rings. The number of fused-ring (bicyclic) bond motifs is 2. The third kappa shape index (κ3) is 2.74. The molecule has 1 unspecified atom stereocenters. The van der Waals surface area contributed by atoms with E-state index in [0.717, 1.165) is 31.2 Å². The zero-order valence-corrected chi connectivity index (χ0v) is 15.0. The average Bonchev–Trinajstić information content (AvgIpc) is 3.40. The molecule has 0 aromatic carbocycles. The Labute approximate surface area is 156 Å². The van der Waals surface area contributed by atoms with Crippen LogP contribution >= 0.6 is 0 Å². The molecule has 138 valence electrons. The van der Waals surface area contributed by atoms with Crippen LogP contribution in [-0.4, -0.2) is 38.0 Å². The van der Waals surface area contributed by atoms with E-state index >= 15 is 0 Å². The molecule has 1 amide bonds. The van der Waals surface area contributed by atoms with Crippen molar-refractivity contribution in [2.24, 2.45) is 0 Å². The van der Waals surface area contributed by atoms with E-state index in [1.165, 1.54) is 0 Å². The zero-order valence-electron chi connectivity index (χ0n) is 15.0. The van der Waals surface area contributed by atoms with E-state index in [0.29, 0.717) is 23.0 Å². The van der Waals surface area contributed by atoms with Gasteiger partial charge in [0.25, 0.3) is 5.91 Å². The maximum absolute atomic E-state index is 13.0. The fourth-order valence-corrected chi connectivity index (χ4v) is 4.48. The lowest BCUT2D eigenvalue weighted by Crippen LogP contribution is -2.46. The number of hydrogen-bond acceptors (Lipinski definition) is 6. The van der Waals surface area contributed by atoms with Crippen LogP contribution in [0.25, 0.3) is 11.4 Å². The second-order valence-electron chi connectivity index (χ2n) is 7.35. The second-order valence-corrected chi connectivity index (χ2v) is 7.35. The summed E-state index contributed by atoms with van der Waals surface area (Å²) in [5.41, 5.74) is 1.56. The van der Waals surface area contributed by atoms with Gasteiger partial charge in [-0.15, -0.1) is 0 Å². The van der Waals surface area contributed by atoms with Crippen LogP contribution in [0.5, 0.6) is 0 Å². The van der Waals surface area contributed by atoms with Gasteiger partial charge in [0.1, 0.15) is 5.76 Å². The van der Waals surface area contributed by atoms with E-state index in [1.807, 2.05) is 19.1 Å². The average molecular weight is 364 g/mol. The molecule has 7 heteroatoms. The van der Waals surface area contributed by atoms with Crippen molar-refractivity contribution in [1.82, 2.24) is 20.0 Å². The molecule has 2 saturated heterocycles. The minimum Gasteiger partial charge on any atom is -0.469 e. The molecule has 0 saturated carbocycles. The summed E-state index contributed by atoms with van der Waals surface area (Å²) in [6.07, 6.45) is 8.77. The van der Waals surface area contributed by atoms with Crippen LogP contribution in [0.2, 0.25) is 0 Å². The van der Waals surface area contributed by atoms with E-state index in [2.05, 4.69) is 20.0 Å². The first-order valence-corrected chi connectivity index (χ1v) is 9.31. The van der Waals surface area contributed by atoms with Crippen molar-refractivity contribution < 1.29 is 13.7 Å². The molecule has 0 spiro atoms. The van der Waals surface area contributed by atoms with Gasteiger partial charge in [-0.25, -0.2) is 0 Å². The van der Waals surface area contributed by atoms with Gasteiger partial charge in [0.05, 0.1) is 11.8 Å². The minimum absolute atomic E-state index is 0.0789. The van der Waals surface area contributed by atoms with Gasteiger partial charge in [-0.1, -0.05) is 5.16 Å². The van der Waals surface area contributed by atoms with E-state index < -0.39 is 0 Å². The number of pyridine rings is 1. The highest BCUT2D eigenvalue weighted by atomic mass is 16.5. The van der Waals surface area contributed by atoms with E-state index in [4.69, 9.17) is 8.94 Å². The van der Waals surface area contributed by atoms with E-state index in [-0.39, 0.29) is 23.9 Å². The number of aromatic nitrogens is 3. The van der Waals surface area contributed by atoms with Crippen LogP contribution in [0.4, 0.5) is 0 Å². The highest BCUT2D eigenvalue weighted by Crippen LogP contribution is 2.43. The van der Waals surface area contributed by atoms with Gasteiger partial charge in [0.15, 0.2) is 0 Å². The van der Waals surface area contributed by atoms with Crippen molar-refractivity contribution in [2.45, 2.75) is 50.6 Å². The Morgan fingerprint density at radius 3 is 2.56 bits per heavy atom. The molecule has 3 atom stereocenters. The van der Waals surface area contributed by atoms with Crippen molar-refractivity contribution >= 4 is 5.91 Å². The number of rotatable bonds is 3. The fraction of sp³-hybridized carbons (Fsp3) is 0.400. The largest absolute Gasteiger partial charge is 0.469 e. The summed E-state index contributed by atoms with van der Waals surface area (Å²) in [5, 5.41) is 4.13. The molecule has 2 aliphatic heterocycles. The van der Waals surface area contributed by atoms with Gasteiger partial charge in [0, 0.05) is 36.0 Å². The fourth-order valence-electron chi connectivity index (χ4n) is 4.48. The van der Waals surface area contributed by atoms with Crippen molar-refractivity contribution in [3.8, 4) is 11.4 Å². The molecular weight excluding hydrogens is 344 g/mol.